The Balaban J connectivity index is 1.81. The summed E-state index contributed by atoms with van der Waals surface area (Å²) in [6.07, 6.45) is -0.461. The topological polar surface area (TPSA) is 0 Å². The van der Waals surface area contributed by atoms with Crippen molar-refractivity contribution in [2.45, 2.75) is 17.5 Å². The number of thioether (sulfide) groups is 1. The zero-order valence-electron chi connectivity index (χ0n) is 9.85. The monoisotopic (exact) mass is 264 g/mol. The molecule has 0 aliphatic rings. The lowest BCUT2D eigenvalue weighted by Crippen LogP contribution is -2.07. The molecule has 94 valence electrons. The highest BCUT2D eigenvalue weighted by atomic mass is 32.2. The molecule has 0 spiro atoms. The maximum atomic E-state index is 13.8. The third-order valence-corrected chi connectivity index (χ3v) is 3.68. The van der Waals surface area contributed by atoms with Crippen LogP contribution in [0.4, 0.5) is 8.78 Å². The van der Waals surface area contributed by atoms with Gasteiger partial charge in [0.2, 0.25) is 0 Å². The Hall–Kier alpha value is -1.35. The first-order valence-electron chi connectivity index (χ1n) is 5.80. The fourth-order valence-corrected chi connectivity index (χ4v) is 2.47. The lowest BCUT2D eigenvalue weighted by Gasteiger charge is -2.08. The molecule has 0 saturated heterocycles. The van der Waals surface area contributed by atoms with Gasteiger partial charge in [-0.05, 0) is 29.8 Å². The van der Waals surface area contributed by atoms with Gasteiger partial charge in [0.05, 0.1) is 0 Å². The molecule has 2 rings (SSSR count). The van der Waals surface area contributed by atoms with Crippen molar-refractivity contribution in [3.63, 3.8) is 0 Å². The molecule has 2 aromatic rings. The van der Waals surface area contributed by atoms with E-state index in [4.69, 9.17) is 0 Å². The molecule has 0 N–H and O–H groups in total. The lowest BCUT2D eigenvalue weighted by molar-refractivity contribution is 0.366. The molecule has 3 heteroatoms. The predicted octanol–water partition coefficient (Wildman–Crippen LogP) is 4.50. The lowest BCUT2D eigenvalue weighted by atomic mass is 10.1. The Morgan fingerprint density at radius 1 is 0.944 bits per heavy atom. The molecule has 18 heavy (non-hydrogen) atoms. The first kappa shape index (κ1) is 13.1. The summed E-state index contributed by atoms with van der Waals surface area (Å²) >= 11 is 1.41. The largest absolute Gasteiger partial charge is 0.246 e. The summed E-state index contributed by atoms with van der Waals surface area (Å²) in [5.74, 6) is 0.126. The average Bonchev–Trinajstić information content (AvgIpc) is 2.39. The second-order valence-electron chi connectivity index (χ2n) is 4.05. The van der Waals surface area contributed by atoms with E-state index in [9.17, 15) is 8.78 Å². The van der Waals surface area contributed by atoms with Crippen molar-refractivity contribution < 1.29 is 8.78 Å². The van der Waals surface area contributed by atoms with Crippen LogP contribution < -0.4 is 0 Å². The van der Waals surface area contributed by atoms with Gasteiger partial charge < -0.3 is 0 Å². The highest BCUT2D eigenvalue weighted by Gasteiger charge is 2.08. The summed E-state index contributed by atoms with van der Waals surface area (Å²) in [6.45, 7) is 0. The average molecular weight is 264 g/mol. The van der Waals surface area contributed by atoms with Gasteiger partial charge in [0, 0.05) is 17.1 Å². The van der Waals surface area contributed by atoms with Gasteiger partial charge in [-0.15, -0.1) is 11.8 Å². The standard InChI is InChI=1S/C15H14F2S/c16-13-6-8-15(9-7-13)18-11-14(17)10-12-4-2-1-3-5-12/h1-9,14H,10-11H2. The number of hydrogen-bond donors (Lipinski definition) is 0. The van der Waals surface area contributed by atoms with Crippen molar-refractivity contribution in [2.75, 3.05) is 5.75 Å². The summed E-state index contributed by atoms with van der Waals surface area (Å²) in [7, 11) is 0. The maximum Gasteiger partial charge on any atom is 0.123 e. The molecule has 0 fully saturated rings. The summed E-state index contributed by atoms with van der Waals surface area (Å²) in [6, 6.07) is 15.7. The fraction of sp³-hybridized carbons (Fsp3) is 0.200. The van der Waals surface area contributed by atoms with Gasteiger partial charge in [-0.2, -0.15) is 0 Å². The van der Waals surface area contributed by atoms with Crippen molar-refractivity contribution in [2.24, 2.45) is 0 Å². The van der Waals surface area contributed by atoms with Crippen LogP contribution in [0.3, 0.4) is 0 Å². The summed E-state index contributed by atoms with van der Waals surface area (Å²) in [5.41, 5.74) is 1.00. The van der Waals surface area contributed by atoms with Gasteiger partial charge in [-0.25, -0.2) is 8.78 Å². The molecule has 0 aliphatic carbocycles. The molecule has 2 aromatic carbocycles. The molecule has 1 unspecified atom stereocenters. The normalized spacial score (nSPS) is 12.3. The van der Waals surface area contributed by atoms with E-state index in [1.54, 1.807) is 12.1 Å². The van der Waals surface area contributed by atoms with Crippen LogP contribution in [0.5, 0.6) is 0 Å². The quantitative estimate of drug-likeness (QED) is 0.717. The molecular formula is C15H14F2S. The van der Waals surface area contributed by atoms with E-state index in [1.807, 2.05) is 30.3 Å². The molecule has 0 aliphatic heterocycles. The van der Waals surface area contributed by atoms with Gasteiger partial charge in [0.1, 0.15) is 12.0 Å². The maximum absolute atomic E-state index is 13.8. The Morgan fingerprint density at radius 3 is 2.28 bits per heavy atom. The van der Waals surface area contributed by atoms with E-state index in [1.165, 1.54) is 23.9 Å². The molecule has 0 radical (unpaired) electrons. The summed E-state index contributed by atoms with van der Waals surface area (Å²) in [5, 5.41) is 0. The van der Waals surface area contributed by atoms with E-state index < -0.39 is 6.17 Å². The van der Waals surface area contributed by atoms with Crippen molar-refractivity contribution >= 4 is 11.8 Å². The van der Waals surface area contributed by atoms with E-state index >= 15 is 0 Å². The second-order valence-corrected chi connectivity index (χ2v) is 5.15. The van der Waals surface area contributed by atoms with Crippen LogP contribution in [-0.4, -0.2) is 11.9 Å². The van der Waals surface area contributed by atoms with Crippen molar-refractivity contribution in [1.82, 2.24) is 0 Å². The Labute approximate surface area is 110 Å². The van der Waals surface area contributed by atoms with Gasteiger partial charge in [0.15, 0.2) is 0 Å². The van der Waals surface area contributed by atoms with Crippen molar-refractivity contribution in [3.8, 4) is 0 Å². The summed E-state index contributed by atoms with van der Waals surface area (Å²) in [4.78, 5) is 0.895. The van der Waals surface area contributed by atoms with Crippen LogP contribution >= 0.6 is 11.8 Å². The number of hydrogen-bond acceptors (Lipinski definition) is 1. The first-order chi connectivity index (χ1) is 8.74. The second kappa shape index (κ2) is 6.55. The zero-order valence-corrected chi connectivity index (χ0v) is 10.7. The number of rotatable bonds is 5. The van der Waals surface area contributed by atoms with Gasteiger partial charge in [-0.1, -0.05) is 30.3 Å². The minimum absolute atomic E-state index is 0.263. The van der Waals surface area contributed by atoms with Crippen LogP contribution in [0.1, 0.15) is 5.56 Å². The summed E-state index contributed by atoms with van der Waals surface area (Å²) < 4.78 is 26.4. The molecule has 0 heterocycles. The minimum atomic E-state index is -0.887. The van der Waals surface area contributed by atoms with Crippen LogP contribution in [0.15, 0.2) is 59.5 Å². The molecule has 0 amide bonds. The molecule has 1 atom stereocenters. The Bertz CT molecular complexity index is 468. The number of alkyl halides is 1. The van der Waals surface area contributed by atoms with Gasteiger partial charge in [0.25, 0.3) is 0 Å². The smallest absolute Gasteiger partial charge is 0.123 e. The molecule has 0 aromatic heterocycles. The van der Waals surface area contributed by atoms with Crippen LogP contribution in [0.2, 0.25) is 0 Å². The highest BCUT2D eigenvalue weighted by Crippen LogP contribution is 2.21. The van der Waals surface area contributed by atoms with E-state index in [0.29, 0.717) is 12.2 Å². The van der Waals surface area contributed by atoms with Gasteiger partial charge in [-0.3, -0.25) is 0 Å². The third-order valence-electron chi connectivity index (χ3n) is 2.54. The van der Waals surface area contributed by atoms with Crippen LogP contribution in [0.25, 0.3) is 0 Å². The molecule has 0 bridgehead atoms. The van der Waals surface area contributed by atoms with E-state index in [0.717, 1.165) is 10.5 Å². The molecular weight excluding hydrogens is 250 g/mol. The zero-order chi connectivity index (χ0) is 12.8. The van der Waals surface area contributed by atoms with E-state index in [2.05, 4.69) is 0 Å². The number of halogens is 2. The Kier molecular flexibility index (Phi) is 4.76. The molecule has 0 nitrogen and oxygen atoms in total. The predicted molar refractivity (Wildman–Crippen MR) is 72.2 cm³/mol. The SMILES string of the molecule is Fc1ccc(SCC(F)Cc2ccccc2)cc1. The number of benzene rings is 2. The van der Waals surface area contributed by atoms with Crippen molar-refractivity contribution in [1.29, 1.82) is 0 Å². The highest BCUT2D eigenvalue weighted by molar-refractivity contribution is 7.99. The minimum Gasteiger partial charge on any atom is -0.246 e. The van der Waals surface area contributed by atoms with Gasteiger partial charge >= 0.3 is 0 Å². The molecule has 0 saturated carbocycles. The fourth-order valence-electron chi connectivity index (χ4n) is 1.65. The van der Waals surface area contributed by atoms with Crippen LogP contribution in [0, 0.1) is 5.82 Å². The first-order valence-corrected chi connectivity index (χ1v) is 6.79. The Morgan fingerprint density at radius 2 is 1.61 bits per heavy atom. The van der Waals surface area contributed by atoms with Crippen molar-refractivity contribution in [3.05, 3.63) is 66.0 Å². The van der Waals surface area contributed by atoms with Crippen LogP contribution in [-0.2, 0) is 6.42 Å². The third kappa shape index (κ3) is 4.15. The van der Waals surface area contributed by atoms with E-state index in [-0.39, 0.29) is 5.82 Å².